The van der Waals surface area contributed by atoms with Gasteiger partial charge < -0.3 is 16.0 Å². The number of thioether (sulfide) groups is 1. The number of benzene rings is 2. The molecule has 3 rings (SSSR count). The Hall–Kier alpha value is -2.80. The van der Waals surface area contributed by atoms with E-state index < -0.39 is 0 Å². The van der Waals surface area contributed by atoms with E-state index in [9.17, 15) is 14.4 Å². The van der Waals surface area contributed by atoms with Crippen molar-refractivity contribution < 1.29 is 14.4 Å². The summed E-state index contributed by atoms with van der Waals surface area (Å²) in [6.07, 6.45) is 1.15. The summed E-state index contributed by atoms with van der Waals surface area (Å²) in [7, 11) is 0. The highest BCUT2D eigenvalue weighted by molar-refractivity contribution is 7.99. The molecule has 1 saturated heterocycles. The fraction of sp³-hybridized carbons (Fsp3) is 0.348. The largest absolute Gasteiger partial charge is 0.369 e. The van der Waals surface area contributed by atoms with Gasteiger partial charge in [0.05, 0.1) is 17.0 Å². The Labute approximate surface area is 181 Å². The average Bonchev–Trinajstić information content (AvgIpc) is 2.74. The molecule has 0 radical (unpaired) electrons. The topological polar surface area (TPSA) is 92.5 Å². The number of hydrogen-bond donors (Lipinski definition) is 2. The summed E-state index contributed by atoms with van der Waals surface area (Å²) in [5.41, 5.74) is 8.73. The molecule has 0 aromatic heterocycles. The molecule has 1 heterocycles. The number of piperidine rings is 1. The normalized spacial score (nSPS) is 14.4. The third kappa shape index (κ3) is 5.86. The fourth-order valence-electron chi connectivity index (χ4n) is 3.57. The van der Waals surface area contributed by atoms with Crippen molar-refractivity contribution >= 4 is 35.2 Å². The first-order valence-electron chi connectivity index (χ1n) is 10.0. The summed E-state index contributed by atoms with van der Waals surface area (Å²) < 4.78 is 0. The summed E-state index contributed by atoms with van der Waals surface area (Å²) in [5.74, 6) is 0.305. The minimum Gasteiger partial charge on any atom is -0.369 e. The minimum atomic E-state index is -0.307. The van der Waals surface area contributed by atoms with Crippen molar-refractivity contribution in [1.29, 1.82) is 0 Å². The SMILES string of the molecule is Cc1cccc(CSCC(=O)Nc2ccccc2C(=O)N2CCC(C(N)=O)CC2)c1. The number of aryl methyl sites for hydroxylation is 1. The molecule has 3 amide bonds. The predicted molar refractivity (Wildman–Crippen MR) is 120 cm³/mol. The van der Waals surface area contributed by atoms with Crippen LogP contribution in [0.25, 0.3) is 0 Å². The lowest BCUT2D eigenvalue weighted by molar-refractivity contribution is -0.123. The van der Waals surface area contributed by atoms with E-state index in [0.717, 1.165) is 5.75 Å². The summed E-state index contributed by atoms with van der Waals surface area (Å²) in [5, 5.41) is 2.87. The van der Waals surface area contributed by atoms with Crippen LogP contribution in [-0.4, -0.2) is 41.5 Å². The molecule has 2 aromatic rings. The number of nitrogens with one attached hydrogen (secondary N) is 1. The van der Waals surface area contributed by atoms with Gasteiger partial charge in [-0.25, -0.2) is 0 Å². The van der Waals surface area contributed by atoms with Crippen LogP contribution < -0.4 is 11.1 Å². The van der Waals surface area contributed by atoms with Crippen LogP contribution in [0.15, 0.2) is 48.5 Å². The number of primary amides is 1. The number of hydrogen-bond acceptors (Lipinski definition) is 4. The minimum absolute atomic E-state index is 0.138. The summed E-state index contributed by atoms with van der Waals surface area (Å²) in [6, 6.07) is 15.3. The van der Waals surface area contributed by atoms with Gasteiger partial charge in [0.2, 0.25) is 11.8 Å². The van der Waals surface area contributed by atoms with Gasteiger partial charge in [0.15, 0.2) is 0 Å². The lowest BCUT2D eigenvalue weighted by Gasteiger charge is -2.31. The molecule has 0 bridgehead atoms. The smallest absolute Gasteiger partial charge is 0.255 e. The number of carbonyl (C=O) groups excluding carboxylic acids is 3. The van der Waals surface area contributed by atoms with Gasteiger partial charge in [0.25, 0.3) is 5.91 Å². The van der Waals surface area contributed by atoms with Crippen LogP contribution in [0.4, 0.5) is 5.69 Å². The quantitative estimate of drug-likeness (QED) is 0.712. The molecule has 6 nitrogen and oxygen atoms in total. The highest BCUT2D eigenvalue weighted by atomic mass is 32.2. The van der Waals surface area contributed by atoms with E-state index >= 15 is 0 Å². The maximum Gasteiger partial charge on any atom is 0.255 e. The van der Waals surface area contributed by atoms with E-state index in [2.05, 4.69) is 11.4 Å². The maximum atomic E-state index is 13.0. The Morgan fingerprint density at radius 2 is 1.83 bits per heavy atom. The van der Waals surface area contributed by atoms with Crippen LogP contribution in [0.3, 0.4) is 0 Å². The fourth-order valence-corrected chi connectivity index (χ4v) is 4.34. The second-order valence-corrected chi connectivity index (χ2v) is 8.53. The van der Waals surface area contributed by atoms with Crippen molar-refractivity contribution in [1.82, 2.24) is 4.90 Å². The Balaban J connectivity index is 1.56. The average molecular weight is 426 g/mol. The molecule has 0 aliphatic carbocycles. The van der Waals surface area contributed by atoms with E-state index in [1.165, 1.54) is 22.9 Å². The summed E-state index contributed by atoms with van der Waals surface area (Å²) in [4.78, 5) is 38.5. The highest BCUT2D eigenvalue weighted by Gasteiger charge is 2.27. The zero-order valence-electron chi connectivity index (χ0n) is 17.1. The van der Waals surface area contributed by atoms with E-state index in [-0.39, 0.29) is 23.6 Å². The summed E-state index contributed by atoms with van der Waals surface area (Å²) in [6.45, 7) is 3.02. The van der Waals surface area contributed by atoms with Crippen LogP contribution in [-0.2, 0) is 15.3 Å². The lowest BCUT2D eigenvalue weighted by atomic mass is 9.95. The molecule has 1 fully saturated rings. The summed E-state index contributed by atoms with van der Waals surface area (Å²) >= 11 is 1.54. The van der Waals surface area contributed by atoms with Crippen molar-refractivity contribution in [2.45, 2.75) is 25.5 Å². The monoisotopic (exact) mass is 425 g/mol. The highest BCUT2D eigenvalue weighted by Crippen LogP contribution is 2.23. The van der Waals surface area contributed by atoms with Gasteiger partial charge in [0.1, 0.15) is 0 Å². The zero-order chi connectivity index (χ0) is 21.5. The zero-order valence-corrected chi connectivity index (χ0v) is 17.9. The molecule has 30 heavy (non-hydrogen) atoms. The van der Waals surface area contributed by atoms with Crippen LogP contribution >= 0.6 is 11.8 Å². The molecule has 3 N–H and O–H groups in total. The van der Waals surface area contributed by atoms with Gasteiger partial charge in [-0.2, -0.15) is 0 Å². The third-order valence-corrected chi connectivity index (χ3v) is 6.20. The van der Waals surface area contributed by atoms with Crippen molar-refractivity contribution in [3.05, 3.63) is 65.2 Å². The van der Waals surface area contributed by atoms with Gasteiger partial charge in [-0.3, -0.25) is 14.4 Å². The van der Waals surface area contributed by atoms with Gasteiger partial charge in [0, 0.05) is 24.8 Å². The van der Waals surface area contributed by atoms with Gasteiger partial charge in [-0.1, -0.05) is 42.0 Å². The van der Waals surface area contributed by atoms with Crippen LogP contribution in [0.1, 0.15) is 34.3 Å². The van der Waals surface area contributed by atoms with Crippen LogP contribution in [0, 0.1) is 12.8 Å². The second-order valence-electron chi connectivity index (χ2n) is 7.54. The first-order chi connectivity index (χ1) is 14.4. The maximum absolute atomic E-state index is 13.0. The Kier molecular flexibility index (Phi) is 7.52. The lowest BCUT2D eigenvalue weighted by Crippen LogP contribution is -2.42. The number of carbonyl (C=O) groups is 3. The molecule has 0 spiro atoms. The number of nitrogens with two attached hydrogens (primary N) is 1. The molecular weight excluding hydrogens is 398 g/mol. The molecule has 7 heteroatoms. The van der Waals surface area contributed by atoms with Crippen molar-refractivity contribution in [2.75, 3.05) is 24.2 Å². The molecular formula is C23H27N3O3S. The molecule has 1 aliphatic rings. The third-order valence-electron chi connectivity index (χ3n) is 5.20. The molecule has 0 unspecified atom stereocenters. The van der Waals surface area contributed by atoms with E-state index in [1.807, 2.05) is 25.1 Å². The first-order valence-corrected chi connectivity index (χ1v) is 11.2. The molecule has 1 aliphatic heterocycles. The van der Waals surface area contributed by atoms with Gasteiger partial charge >= 0.3 is 0 Å². The molecule has 0 saturated carbocycles. The number of amides is 3. The molecule has 0 atom stereocenters. The first kappa shape index (κ1) is 21.9. The Morgan fingerprint density at radius 1 is 1.10 bits per heavy atom. The number of para-hydroxylation sites is 1. The van der Waals surface area contributed by atoms with Crippen molar-refractivity contribution in [2.24, 2.45) is 11.7 Å². The van der Waals surface area contributed by atoms with Gasteiger partial charge in [-0.05, 0) is 37.5 Å². The van der Waals surface area contributed by atoms with E-state index in [0.29, 0.717) is 42.9 Å². The Morgan fingerprint density at radius 3 is 2.53 bits per heavy atom. The number of rotatable bonds is 7. The van der Waals surface area contributed by atoms with Crippen molar-refractivity contribution in [3.63, 3.8) is 0 Å². The number of likely N-dealkylation sites (tertiary alicyclic amines) is 1. The van der Waals surface area contributed by atoms with Gasteiger partial charge in [-0.15, -0.1) is 11.8 Å². The van der Waals surface area contributed by atoms with Crippen LogP contribution in [0.5, 0.6) is 0 Å². The number of nitrogens with zero attached hydrogens (tertiary/aromatic N) is 1. The van der Waals surface area contributed by atoms with Crippen molar-refractivity contribution in [3.8, 4) is 0 Å². The van der Waals surface area contributed by atoms with E-state index in [1.54, 1.807) is 29.2 Å². The standard InChI is InChI=1S/C23H27N3O3S/c1-16-5-4-6-17(13-16)14-30-15-21(27)25-20-8-3-2-7-19(20)23(29)26-11-9-18(10-12-26)22(24)28/h2-8,13,18H,9-12,14-15H2,1H3,(H2,24,28)(H,25,27). The second kappa shape index (κ2) is 10.3. The molecule has 158 valence electrons. The van der Waals surface area contributed by atoms with Crippen LogP contribution in [0.2, 0.25) is 0 Å². The Bertz CT molecular complexity index is 923. The molecule has 2 aromatic carbocycles. The predicted octanol–water partition coefficient (Wildman–Crippen LogP) is 3.20. The number of anilines is 1. The van der Waals surface area contributed by atoms with E-state index in [4.69, 9.17) is 5.73 Å².